The van der Waals surface area contributed by atoms with Gasteiger partial charge in [0.05, 0.1) is 5.56 Å². The third-order valence-corrected chi connectivity index (χ3v) is 3.28. The molecule has 0 aliphatic carbocycles. The average molecular weight is 314 g/mol. The summed E-state index contributed by atoms with van der Waals surface area (Å²) in [6, 6.07) is 5.53. The summed E-state index contributed by atoms with van der Waals surface area (Å²) in [5, 5.41) is 7.53. The summed E-state index contributed by atoms with van der Waals surface area (Å²) < 4.78 is 6.60. The Morgan fingerprint density at radius 1 is 1.39 bits per heavy atom. The van der Waals surface area contributed by atoms with Crippen molar-refractivity contribution in [2.75, 3.05) is 26.2 Å². The highest BCUT2D eigenvalue weighted by Crippen LogP contribution is 2.22. The first-order chi connectivity index (χ1) is 8.58. The number of halogens is 1. The number of benzene rings is 1. The third kappa shape index (κ3) is 4.31. The maximum atomic E-state index is 7.53. The van der Waals surface area contributed by atoms with Crippen LogP contribution in [-0.4, -0.2) is 37.0 Å². The highest BCUT2D eigenvalue weighted by molar-refractivity contribution is 9.10. The summed E-state index contributed by atoms with van der Waals surface area (Å²) in [7, 11) is 0. The average Bonchev–Trinajstić information content (AvgIpc) is 2.36. The van der Waals surface area contributed by atoms with Crippen LogP contribution >= 0.6 is 15.9 Å². The monoisotopic (exact) mass is 313 g/mol. The number of hydrogen-bond donors (Lipinski definition) is 2. The molecule has 5 heteroatoms. The van der Waals surface area contributed by atoms with E-state index in [1.54, 1.807) is 6.07 Å². The van der Waals surface area contributed by atoms with Gasteiger partial charge in [-0.05, 0) is 31.3 Å². The minimum atomic E-state index is 0.0224. The van der Waals surface area contributed by atoms with Gasteiger partial charge in [0.25, 0.3) is 0 Å². The minimum Gasteiger partial charge on any atom is -0.491 e. The topological polar surface area (TPSA) is 62.3 Å². The number of hydrogen-bond acceptors (Lipinski definition) is 3. The smallest absolute Gasteiger partial charge is 0.130 e. The molecule has 0 atom stereocenters. The summed E-state index contributed by atoms with van der Waals surface area (Å²) in [6.07, 6.45) is 0. The Hall–Kier alpha value is -1.07. The van der Waals surface area contributed by atoms with Crippen molar-refractivity contribution < 1.29 is 4.74 Å². The van der Waals surface area contributed by atoms with Crippen LogP contribution < -0.4 is 10.5 Å². The minimum absolute atomic E-state index is 0.0224. The van der Waals surface area contributed by atoms with E-state index < -0.39 is 0 Å². The maximum absolute atomic E-state index is 7.53. The first-order valence-electron chi connectivity index (χ1n) is 6.07. The number of nitrogen functional groups attached to an aromatic ring is 1. The number of nitrogens with zero attached hydrogens (tertiary/aromatic N) is 1. The van der Waals surface area contributed by atoms with Crippen molar-refractivity contribution in [3.05, 3.63) is 28.2 Å². The maximum Gasteiger partial charge on any atom is 0.130 e. The van der Waals surface area contributed by atoms with Crippen molar-refractivity contribution in [2.24, 2.45) is 5.73 Å². The second-order valence-electron chi connectivity index (χ2n) is 3.93. The summed E-state index contributed by atoms with van der Waals surface area (Å²) in [5.41, 5.74) is 6.17. The van der Waals surface area contributed by atoms with Crippen LogP contribution in [0.2, 0.25) is 0 Å². The van der Waals surface area contributed by atoms with E-state index in [9.17, 15) is 0 Å². The lowest BCUT2D eigenvalue weighted by Crippen LogP contribution is -2.28. The van der Waals surface area contributed by atoms with E-state index in [2.05, 4.69) is 34.7 Å². The SMILES string of the molecule is CCN(CC)CCOc1ccc(Br)cc1C(=N)N. The lowest BCUT2D eigenvalue weighted by molar-refractivity contribution is 0.222. The molecule has 0 aliphatic heterocycles. The van der Waals surface area contributed by atoms with Crippen LogP contribution in [0.5, 0.6) is 5.75 Å². The largest absolute Gasteiger partial charge is 0.491 e. The predicted molar refractivity (Wildman–Crippen MR) is 78.4 cm³/mol. The molecule has 0 unspecified atom stereocenters. The molecule has 100 valence electrons. The lowest BCUT2D eigenvalue weighted by Gasteiger charge is -2.18. The Labute approximate surface area is 117 Å². The highest BCUT2D eigenvalue weighted by atomic mass is 79.9. The van der Waals surface area contributed by atoms with Crippen LogP contribution in [0.25, 0.3) is 0 Å². The first-order valence-corrected chi connectivity index (χ1v) is 6.86. The van der Waals surface area contributed by atoms with E-state index in [-0.39, 0.29) is 5.84 Å². The second-order valence-corrected chi connectivity index (χ2v) is 4.85. The number of ether oxygens (including phenoxy) is 1. The lowest BCUT2D eigenvalue weighted by atomic mass is 10.2. The van der Waals surface area contributed by atoms with Crippen molar-refractivity contribution in [1.29, 1.82) is 5.41 Å². The number of likely N-dealkylation sites (N-methyl/N-ethyl adjacent to an activating group) is 1. The molecule has 0 spiro atoms. The molecule has 0 aliphatic rings. The number of nitrogens with one attached hydrogen (secondary N) is 1. The molecule has 1 aromatic rings. The van der Waals surface area contributed by atoms with E-state index in [4.69, 9.17) is 15.9 Å². The fourth-order valence-corrected chi connectivity index (χ4v) is 2.02. The summed E-state index contributed by atoms with van der Waals surface area (Å²) in [5.74, 6) is 0.687. The van der Waals surface area contributed by atoms with Crippen LogP contribution in [0, 0.1) is 5.41 Å². The molecule has 0 saturated heterocycles. The van der Waals surface area contributed by atoms with Gasteiger partial charge in [0, 0.05) is 11.0 Å². The van der Waals surface area contributed by atoms with Crippen LogP contribution in [0.4, 0.5) is 0 Å². The van der Waals surface area contributed by atoms with Gasteiger partial charge < -0.3 is 15.4 Å². The third-order valence-electron chi connectivity index (χ3n) is 2.79. The van der Waals surface area contributed by atoms with E-state index in [0.717, 1.165) is 24.1 Å². The van der Waals surface area contributed by atoms with Gasteiger partial charge in [-0.25, -0.2) is 0 Å². The van der Waals surface area contributed by atoms with Crippen LogP contribution in [-0.2, 0) is 0 Å². The zero-order valence-electron chi connectivity index (χ0n) is 10.9. The molecule has 0 radical (unpaired) electrons. The molecule has 1 rings (SSSR count). The molecule has 18 heavy (non-hydrogen) atoms. The molecule has 3 N–H and O–H groups in total. The molecule has 0 amide bonds. The summed E-state index contributed by atoms with van der Waals surface area (Å²) in [6.45, 7) is 7.76. The zero-order chi connectivity index (χ0) is 13.5. The Bertz CT molecular complexity index is 405. The molecule has 0 fully saturated rings. The van der Waals surface area contributed by atoms with Gasteiger partial charge in [0.1, 0.15) is 18.2 Å². The van der Waals surface area contributed by atoms with E-state index in [1.165, 1.54) is 0 Å². The Kier molecular flexibility index (Phi) is 6.15. The van der Waals surface area contributed by atoms with Crippen molar-refractivity contribution in [1.82, 2.24) is 4.90 Å². The molecular weight excluding hydrogens is 294 g/mol. The molecule has 0 saturated carbocycles. The van der Waals surface area contributed by atoms with Gasteiger partial charge in [0.15, 0.2) is 0 Å². The predicted octanol–water partition coefficient (Wildman–Crippen LogP) is 2.45. The van der Waals surface area contributed by atoms with Gasteiger partial charge in [-0.1, -0.05) is 29.8 Å². The van der Waals surface area contributed by atoms with Gasteiger partial charge in [-0.2, -0.15) is 0 Å². The normalized spacial score (nSPS) is 10.7. The van der Waals surface area contributed by atoms with Crippen LogP contribution in [0.15, 0.2) is 22.7 Å². The molecule has 0 bridgehead atoms. The number of nitrogens with two attached hydrogens (primary N) is 1. The summed E-state index contributed by atoms with van der Waals surface area (Å²) in [4.78, 5) is 2.28. The zero-order valence-corrected chi connectivity index (χ0v) is 12.5. The Balaban J connectivity index is 2.64. The molecule has 0 heterocycles. The van der Waals surface area contributed by atoms with Gasteiger partial charge in [0.2, 0.25) is 0 Å². The van der Waals surface area contributed by atoms with E-state index >= 15 is 0 Å². The van der Waals surface area contributed by atoms with Crippen molar-refractivity contribution in [2.45, 2.75) is 13.8 Å². The Morgan fingerprint density at radius 2 is 2.06 bits per heavy atom. The van der Waals surface area contributed by atoms with Crippen molar-refractivity contribution in [3.63, 3.8) is 0 Å². The number of rotatable bonds is 7. The van der Waals surface area contributed by atoms with Crippen LogP contribution in [0.3, 0.4) is 0 Å². The second kappa shape index (κ2) is 7.38. The molecule has 1 aromatic carbocycles. The molecule has 4 nitrogen and oxygen atoms in total. The standard InChI is InChI=1S/C13H20BrN3O/c1-3-17(4-2)7-8-18-12-6-5-10(14)9-11(12)13(15)16/h5-6,9H,3-4,7-8H2,1-2H3,(H3,15,16). The van der Waals surface area contributed by atoms with Crippen molar-refractivity contribution in [3.8, 4) is 5.75 Å². The first kappa shape index (κ1) is 15.0. The Morgan fingerprint density at radius 3 is 2.61 bits per heavy atom. The van der Waals surface area contributed by atoms with Gasteiger partial charge >= 0.3 is 0 Å². The molecule has 0 aromatic heterocycles. The van der Waals surface area contributed by atoms with E-state index in [1.807, 2.05) is 12.1 Å². The van der Waals surface area contributed by atoms with Gasteiger partial charge in [-0.3, -0.25) is 5.41 Å². The number of amidine groups is 1. The van der Waals surface area contributed by atoms with Crippen LogP contribution in [0.1, 0.15) is 19.4 Å². The van der Waals surface area contributed by atoms with Gasteiger partial charge in [-0.15, -0.1) is 0 Å². The fourth-order valence-electron chi connectivity index (χ4n) is 1.66. The fraction of sp³-hybridized carbons (Fsp3) is 0.462. The molecular formula is C13H20BrN3O. The quantitative estimate of drug-likeness (QED) is 0.600. The highest BCUT2D eigenvalue weighted by Gasteiger charge is 2.08. The van der Waals surface area contributed by atoms with E-state index in [0.29, 0.717) is 17.9 Å². The summed E-state index contributed by atoms with van der Waals surface area (Å²) >= 11 is 3.36. The van der Waals surface area contributed by atoms with Crippen molar-refractivity contribution >= 4 is 21.8 Å².